The number of ether oxygens (including phenoxy) is 1. The van der Waals surface area contributed by atoms with Crippen molar-refractivity contribution in [1.82, 2.24) is 0 Å². The van der Waals surface area contributed by atoms with Gasteiger partial charge in [0, 0.05) is 6.07 Å². The minimum absolute atomic E-state index is 0.153. The Kier molecular flexibility index (Phi) is 4.55. The van der Waals surface area contributed by atoms with Gasteiger partial charge in [-0.1, -0.05) is 31.2 Å². The van der Waals surface area contributed by atoms with E-state index in [1.165, 1.54) is 12.1 Å². The van der Waals surface area contributed by atoms with Gasteiger partial charge in [0.15, 0.2) is 0 Å². The Hall–Kier alpha value is -2.40. The maximum atomic E-state index is 11.2. The molecule has 0 saturated carbocycles. The van der Waals surface area contributed by atoms with Crippen molar-refractivity contribution >= 4 is 5.69 Å². The molecule has 110 valence electrons. The summed E-state index contributed by atoms with van der Waals surface area (Å²) in [5, 5.41) is 20.7. The highest BCUT2D eigenvalue weighted by atomic mass is 16.6. The minimum Gasteiger partial charge on any atom is -0.450 e. The maximum absolute atomic E-state index is 11.2. The summed E-state index contributed by atoms with van der Waals surface area (Å²) in [7, 11) is 0. The predicted molar refractivity (Wildman–Crippen MR) is 79.6 cm³/mol. The molecular weight excluding hydrogens is 270 g/mol. The molecule has 0 aromatic heterocycles. The van der Waals surface area contributed by atoms with E-state index in [1.54, 1.807) is 19.1 Å². The van der Waals surface area contributed by atoms with Gasteiger partial charge in [-0.15, -0.1) is 0 Å². The van der Waals surface area contributed by atoms with Gasteiger partial charge in [-0.3, -0.25) is 10.1 Å². The minimum atomic E-state index is -0.763. The van der Waals surface area contributed by atoms with E-state index in [0.717, 1.165) is 12.0 Å². The quantitative estimate of drug-likeness (QED) is 0.666. The molecule has 0 bridgehead atoms. The molecule has 5 heteroatoms. The largest absolute Gasteiger partial charge is 0.450 e. The number of hydrogen-bond acceptors (Lipinski definition) is 4. The summed E-state index contributed by atoms with van der Waals surface area (Å²) in [5.41, 5.74) is 1.31. The molecule has 5 nitrogen and oxygen atoms in total. The van der Waals surface area contributed by atoms with Crippen LogP contribution in [-0.4, -0.2) is 10.0 Å². The Bertz CT molecular complexity index is 652. The number of nitrogens with zero attached hydrogens (tertiary/aromatic N) is 1. The van der Waals surface area contributed by atoms with Gasteiger partial charge in [-0.25, -0.2) is 0 Å². The smallest absolute Gasteiger partial charge is 0.311 e. The number of aryl methyl sites for hydroxylation is 1. The van der Waals surface area contributed by atoms with Gasteiger partial charge in [0.05, 0.1) is 11.0 Å². The van der Waals surface area contributed by atoms with Crippen molar-refractivity contribution in [1.29, 1.82) is 0 Å². The van der Waals surface area contributed by atoms with E-state index in [1.807, 2.05) is 25.1 Å². The van der Waals surface area contributed by atoms with Crippen molar-refractivity contribution < 1.29 is 14.8 Å². The highest BCUT2D eigenvalue weighted by molar-refractivity contribution is 5.51. The molecule has 2 rings (SSSR count). The number of aliphatic hydroxyl groups is 1. The van der Waals surface area contributed by atoms with E-state index in [2.05, 4.69) is 0 Å². The Morgan fingerprint density at radius 3 is 2.57 bits per heavy atom. The number of aliphatic hydroxyl groups excluding tert-OH is 1. The Balaban J connectivity index is 2.42. The van der Waals surface area contributed by atoms with E-state index in [9.17, 15) is 15.2 Å². The monoisotopic (exact) mass is 287 g/mol. The Morgan fingerprint density at radius 2 is 1.95 bits per heavy atom. The molecule has 1 atom stereocenters. The van der Waals surface area contributed by atoms with Crippen molar-refractivity contribution in [2.75, 3.05) is 0 Å². The molecule has 0 aliphatic heterocycles. The number of nitro benzene ring substituents is 1. The summed E-state index contributed by atoms with van der Waals surface area (Å²) in [6.45, 7) is 3.55. The summed E-state index contributed by atoms with van der Waals surface area (Å²) >= 11 is 0. The molecule has 0 heterocycles. The van der Waals surface area contributed by atoms with Crippen LogP contribution in [0, 0.1) is 10.1 Å². The fourth-order valence-corrected chi connectivity index (χ4v) is 2.04. The highest BCUT2D eigenvalue weighted by Crippen LogP contribution is 2.34. The molecule has 0 fully saturated rings. The van der Waals surface area contributed by atoms with Crippen molar-refractivity contribution in [3.63, 3.8) is 0 Å². The first-order valence-electron chi connectivity index (χ1n) is 6.75. The molecule has 0 aliphatic carbocycles. The van der Waals surface area contributed by atoms with E-state index >= 15 is 0 Å². The number of rotatable bonds is 5. The van der Waals surface area contributed by atoms with Gasteiger partial charge in [0.25, 0.3) is 0 Å². The normalized spacial score (nSPS) is 12.0. The zero-order valence-electron chi connectivity index (χ0n) is 11.9. The average molecular weight is 287 g/mol. The summed E-state index contributed by atoms with van der Waals surface area (Å²) in [6, 6.07) is 11.9. The first-order chi connectivity index (χ1) is 10.0. The fourth-order valence-electron chi connectivity index (χ4n) is 2.04. The molecule has 0 radical (unpaired) electrons. The Morgan fingerprint density at radius 1 is 1.24 bits per heavy atom. The standard InChI is InChI=1S/C16H17NO4/c1-3-12-6-4-5-7-15(12)21-16-9-8-13(11(2)18)10-14(16)17(19)20/h4-11,18H,3H2,1-2H3. The van der Waals surface area contributed by atoms with Crippen molar-refractivity contribution in [2.24, 2.45) is 0 Å². The van der Waals surface area contributed by atoms with Crippen LogP contribution in [0.25, 0.3) is 0 Å². The van der Waals surface area contributed by atoms with Gasteiger partial charge in [-0.2, -0.15) is 0 Å². The number of benzene rings is 2. The van der Waals surface area contributed by atoms with Crippen LogP contribution in [0.3, 0.4) is 0 Å². The molecule has 21 heavy (non-hydrogen) atoms. The van der Waals surface area contributed by atoms with Crippen LogP contribution in [0.2, 0.25) is 0 Å². The average Bonchev–Trinajstić information content (AvgIpc) is 2.47. The van der Waals surface area contributed by atoms with Gasteiger partial charge in [-0.05, 0) is 36.6 Å². The lowest BCUT2D eigenvalue weighted by Gasteiger charge is -2.11. The van der Waals surface area contributed by atoms with Gasteiger partial charge in [0.2, 0.25) is 5.75 Å². The number of nitro groups is 1. The summed E-state index contributed by atoms with van der Waals surface area (Å²) in [5.74, 6) is 0.776. The predicted octanol–water partition coefficient (Wildman–Crippen LogP) is 4.00. The molecule has 2 aromatic rings. The van der Waals surface area contributed by atoms with Crippen LogP contribution in [0.15, 0.2) is 42.5 Å². The molecule has 2 aromatic carbocycles. The first-order valence-corrected chi connectivity index (χ1v) is 6.75. The molecule has 0 saturated heterocycles. The molecule has 0 spiro atoms. The lowest BCUT2D eigenvalue weighted by Crippen LogP contribution is -1.98. The van der Waals surface area contributed by atoms with Crippen LogP contribution in [0.1, 0.15) is 31.1 Å². The SMILES string of the molecule is CCc1ccccc1Oc1ccc(C(C)O)cc1[N+](=O)[O-]. The van der Waals surface area contributed by atoms with Crippen LogP contribution in [0.5, 0.6) is 11.5 Å². The van der Waals surface area contributed by atoms with Crippen LogP contribution >= 0.6 is 0 Å². The van der Waals surface area contributed by atoms with Gasteiger partial charge in [0.1, 0.15) is 5.75 Å². The van der Waals surface area contributed by atoms with Crippen molar-refractivity contribution in [3.05, 3.63) is 63.7 Å². The fraction of sp³-hybridized carbons (Fsp3) is 0.250. The molecule has 1 N–H and O–H groups in total. The first kappa shape index (κ1) is 15.0. The maximum Gasteiger partial charge on any atom is 0.311 e. The van der Waals surface area contributed by atoms with Crippen LogP contribution < -0.4 is 4.74 Å². The Labute approximate surface area is 123 Å². The molecule has 0 amide bonds. The third-order valence-corrected chi connectivity index (χ3v) is 3.24. The topological polar surface area (TPSA) is 72.6 Å². The second kappa shape index (κ2) is 6.37. The van der Waals surface area contributed by atoms with Crippen molar-refractivity contribution in [3.8, 4) is 11.5 Å². The summed E-state index contributed by atoms with van der Waals surface area (Å²) in [4.78, 5) is 10.7. The lowest BCUT2D eigenvalue weighted by molar-refractivity contribution is -0.385. The zero-order valence-corrected chi connectivity index (χ0v) is 11.9. The molecular formula is C16H17NO4. The van der Waals surface area contributed by atoms with Gasteiger partial charge >= 0.3 is 5.69 Å². The van der Waals surface area contributed by atoms with Crippen molar-refractivity contribution in [2.45, 2.75) is 26.4 Å². The third-order valence-electron chi connectivity index (χ3n) is 3.24. The second-order valence-electron chi connectivity index (χ2n) is 4.72. The highest BCUT2D eigenvalue weighted by Gasteiger charge is 2.18. The van der Waals surface area contributed by atoms with E-state index in [-0.39, 0.29) is 11.4 Å². The zero-order chi connectivity index (χ0) is 15.4. The van der Waals surface area contributed by atoms with Crippen LogP contribution in [-0.2, 0) is 6.42 Å². The molecule has 1 unspecified atom stereocenters. The van der Waals surface area contributed by atoms with E-state index < -0.39 is 11.0 Å². The van der Waals surface area contributed by atoms with Gasteiger partial charge < -0.3 is 9.84 Å². The lowest BCUT2D eigenvalue weighted by atomic mass is 10.1. The number of hydrogen-bond donors (Lipinski definition) is 1. The third kappa shape index (κ3) is 3.38. The summed E-state index contributed by atoms with van der Waals surface area (Å²) < 4.78 is 5.70. The van der Waals surface area contributed by atoms with E-state index in [0.29, 0.717) is 11.3 Å². The number of para-hydroxylation sites is 1. The van der Waals surface area contributed by atoms with Crippen LogP contribution in [0.4, 0.5) is 5.69 Å². The second-order valence-corrected chi connectivity index (χ2v) is 4.72. The summed E-state index contributed by atoms with van der Waals surface area (Å²) in [6.07, 6.45) is 0.0103. The van der Waals surface area contributed by atoms with E-state index in [4.69, 9.17) is 4.74 Å². The molecule has 0 aliphatic rings.